The van der Waals surface area contributed by atoms with Crippen LogP contribution in [-0.4, -0.2) is 36.1 Å². The maximum Gasteiger partial charge on any atom is 0.0128 e. The number of likely N-dealkylation sites (tertiary alicyclic amines) is 1. The Hall–Kier alpha value is -0.0800. The van der Waals surface area contributed by atoms with Crippen molar-refractivity contribution in [1.29, 1.82) is 0 Å². The van der Waals surface area contributed by atoms with Crippen molar-refractivity contribution in [3.8, 4) is 0 Å². The second kappa shape index (κ2) is 4.49. The van der Waals surface area contributed by atoms with Crippen LogP contribution in [0.25, 0.3) is 0 Å². The van der Waals surface area contributed by atoms with E-state index in [1.807, 2.05) is 0 Å². The fourth-order valence-electron chi connectivity index (χ4n) is 3.82. The summed E-state index contributed by atoms with van der Waals surface area (Å²) in [6.45, 7) is 18.1. The van der Waals surface area contributed by atoms with Gasteiger partial charge in [0.1, 0.15) is 0 Å². The second-order valence-electron chi connectivity index (χ2n) is 8.84. The van der Waals surface area contributed by atoms with Gasteiger partial charge in [0.05, 0.1) is 0 Å². The summed E-state index contributed by atoms with van der Waals surface area (Å²) in [6, 6.07) is 0.765. The highest BCUT2D eigenvalue weighted by Crippen LogP contribution is 2.43. The monoisotopic (exact) mass is 252 g/mol. The minimum Gasteiger partial charge on any atom is -0.316 e. The van der Waals surface area contributed by atoms with Gasteiger partial charge in [0.15, 0.2) is 0 Å². The zero-order valence-corrected chi connectivity index (χ0v) is 13.3. The summed E-state index contributed by atoms with van der Waals surface area (Å²) < 4.78 is 0. The zero-order chi connectivity index (χ0) is 13.6. The maximum absolute atomic E-state index is 3.49. The Morgan fingerprint density at radius 2 is 1.72 bits per heavy atom. The van der Waals surface area contributed by atoms with Gasteiger partial charge in [0, 0.05) is 24.7 Å². The van der Waals surface area contributed by atoms with E-state index in [9.17, 15) is 0 Å². The number of nitrogens with one attached hydrogen (secondary N) is 1. The molecule has 2 saturated heterocycles. The lowest BCUT2D eigenvalue weighted by molar-refractivity contribution is -0.0430. The first kappa shape index (κ1) is 14.3. The van der Waals surface area contributed by atoms with E-state index in [1.165, 1.54) is 38.9 Å². The smallest absolute Gasteiger partial charge is 0.0128 e. The fraction of sp³-hybridized carbons (Fsp3) is 1.00. The average Bonchev–Trinajstić information content (AvgIpc) is 2.10. The molecule has 2 aliphatic heterocycles. The lowest BCUT2D eigenvalue weighted by atomic mass is 9.67. The van der Waals surface area contributed by atoms with Crippen molar-refractivity contribution in [3.63, 3.8) is 0 Å². The Morgan fingerprint density at radius 3 is 2.11 bits per heavy atom. The van der Waals surface area contributed by atoms with Gasteiger partial charge in [0.2, 0.25) is 0 Å². The van der Waals surface area contributed by atoms with Crippen LogP contribution in [0.4, 0.5) is 0 Å². The Kier molecular flexibility index (Phi) is 3.57. The number of hydrogen-bond donors (Lipinski definition) is 1. The van der Waals surface area contributed by atoms with Crippen LogP contribution in [0.5, 0.6) is 0 Å². The number of rotatable bonds is 1. The summed E-state index contributed by atoms with van der Waals surface area (Å²) in [5, 5.41) is 3.49. The molecule has 2 heteroatoms. The highest BCUT2D eigenvalue weighted by Gasteiger charge is 2.46. The first-order chi connectivity index (χ1) is 8.11. The molecule has 2 rings (SSSR count). The minimum atomic E-state index is 0.314. The van der Waals surface area contributed by atoms with Crippen molar-refractivity contribution in [2.75, 3.05) is 19.6 Å². The number of piperidine rings is 1. The third-order valence-corrected chi connectivity index (χ3v) is 4.70. The Bertz CT molecular complexity index is 291. The summed E-state index contributed by atoms with van der Waals surface area (Å²) in [7, 11) is 0. The van der Waals surface area contributed by atoms with Gasteiger partial charge in [-0.15, -0.1) is 0 Å². The van der Waals surface area contributed by atoms with Crippen LogP contribution in [0, 0.1) is 10.8 Å². The fourth-order valence-corrected chi connectivity index (χ4v) is 3.82. The molecule has 0 aromatic rings. The zero-order valence-electron chi connectivity index (χ0n) is 13.3. The Balaban J connectivity index is 2.11. The molecule has 106 valence electrons. The number of nitrogens with zero attached hydrogens (tertiary/aromatic N) is 1. The molecule has 18 heavy (non-hydrogen) atoms. The van der Waals surface area contributed by atoms with Crippen LogP contribution in [0.2, 0.25) is 0 Å². The third-order valence-electron chi connectivity index (χ3n) is 4.70. The van der Waals surface area contributed by atoms with E-state index in [0.717, 1.165) is 6.04 Å². The van der Waals surface area contributed by atoms with E-state index < -0.39 is 0 Å². The summed E-state index contributed by atoms with van der Waals surface area (Å²) in [6.07, 6.45) is 4.11. The predicted octanol–water partition coefficient (Wildman–Crippen LogP) is 3.28. The lowest BCUT2D eigenvalue weighted by Gasteiger charge is -2.56. The SMILES string of the molecule is CC(C)(C)CC1CC2(CCN1C(C)(C)C)CNC2. The van der Waals surface area contributed by atoms with E-state index in [0.29, 0.717) is 16.4 Å². The van der Waals surface area contributed by atoms with Crippen LogP contribution < -0.4 is 5.32 Å². The molecular weight excluding hydrogens is 220 g/mol. The van der Waals surface area contributed by atoms with Crippen molar-refractivity contribution in [2.24, 2.45) is 10.8 Å². The van der Waals surface area contributed by atoms with Gasteiger partial charge in [-0.2, -0.15) is 0 Å². The van der Waals surface area contributed by atoms with Crippen molar-refractivity contribution >= 4 is 0 Å². The van der Waals surface area contributed by atoms with Crippen molar-refractivity contribution in [1.82, 2.24) is 10.2 Å². The van der Waals surface area contributed by atoms with E-state index >= 15 is 0 Å². The van der Waals surface area contributed by atoms with E-state index in [2.05, 4.69) is 51.8 Å². The van der Waals surface area contributed by atoms with E-state index in [-0.39, 0.29) is 0 Å². The summed E-state index contributed by atoms with van der Waals surface area (Å²) in [5.74, 6) is 0. The molecule has 0 saturated carbocycles. The van der Waals surface area contributed by atoms with Gasteiger partial charge in [-0.3, -0.25) is 4.90 Å². The highest BCUT2D eigenvalue weighted by atomic mass is 15.2. The van der Waals surface area contributed by atoms with Gasteiger partial charge in [-0.1, -0.05) is 20.8 Å². The van der Waals surface area contributed by atoms with Gasteiger partial charge >= 0.3 is 0 Å². The molecule has 1 atom stereocenters. The molecule has 1 spiro atoms. The molecule has 2 heterocycles. The van der Waals surface area contributed by atoms with Crippen LogP contribution in [0.15, 0.2) is 0 Å². The molecule has 1 unspecified atom stereocenters. The molecule has 0 aromatic heterocycles. The van der Waals surface area contributed by atoms with Crippen molar-refractivity contribution in [3.05, 3.63) is 0 Å². The molecular formula is C16H32N2. The van der Waals surface area contributed by atoms with Gasteiger partial charge < -0.3 is 5.32 Å². The summed E-state index contributed by atoms with van der Waals surface area (Å²) >= 11 is 0. The Labute approximate surface area is 114 Å². The molecule has 0 radical (unpaired) electrons. The van der Waals surface area contributed by atoms with E-state index in [1.54, 1.807) is 0 Å². The van der Waals surface area contributed by atoms with Crippen LogP contribution in [0.3, 0.4) is 0 Å². The molecule has 1 N–H and O–H groups in total. The summed E-state index contributed by atoms with van der Waals surface area (Å²) in [4.78, 5) is 2.77. The molecule has 0 aromatic carbocycles. The molecule has 2 fully saturated rings. The normalized spacial score (nSPS) is 29.3. The van der Waals surface area contributed by atoms with Gasteiger partial charge in [0.25, 0.3) is 0 Å². The summed E-state index contributed by atoms with van der Waals surface area (Å²) in [5.41, 5.74) is 1.39. The Morgan fingerprint density at radius 1 is 1.11 bits per heavy atom. The minimum absolute atomic E-state index is 0.314. The van der Waals surface area contributed by atoms with Crippen LogP contribution >= 0.6 is 0 Å². The van der Waals surface area contributed by atoms with Gasteiger partial charge in [-0.05, 0) is 57.4 Å². The lowest BCUT2D eigenvalue weighted by Crippen LogP contribution is -2.63. The molecule has 0 bridgehead atoms. The topological polar surface area (TPSA) is 15.3 Å². The van der Waals surface area contributed by atoms with E-state index in [4.69, 9.17) is 0 Å². The third kappa shape index (κ3) is 3.08. The maximum atomic E-state index is 3.49. The molecule has 2 aliphatic rings. The first-order valence-corrected chi connectivity index (χ1v) is 7.59. The molecule has 2 nitrogen and oxygen atoms in total. The van der Waals surface area contributed by atoms with Crippen LogP contribution in [0.1, 0.15) is 60.8 Å². The predicted molar refractivity (Wildman–Crippen MR) is 78.9 cm³/mol. The number of hydrogen-bond acceptors (Lipinski definition) is 2. The standard InChI is InChI=1S/C16H32N2/c1-14(2,3)9-13-10-16(11-17-12-16)7-8-18(13)15(4,5)6/h13,17H,7-12H2,1-6H3. The van der Waals surface area contributed by atoms with Crippen molar-refractivity contribution in [2.45, 2.75) is 72.4 Å². The second-order valence-corrected chi connectivity index (χ2v) is 8.84. The first-order valence-electron chi connectivity index (χ1n) is 7.59. The largest absolute Gasteiger partial charge is 0.316 e. The molecule has 0 amide bonds. The highest BCUT2D eigenvalue weighted by molar-refractivity contribution is 5.02. The quantitative estimate of drug-likeness (QED) is 0.770. The molecule has 0 aliphatic carbocycles. The van der Waals surface area contributed by atoms with Gasteiger partial charge in [-0.25, -0.2) is 0 Å². The van der Waals surface area contributed by atoms with Crippen molar-refractivity contribution < 1.29 is 0 Å². The van der Waals surface area contributed by atoms with Crippen LogP contribution in [-0.2, 0) is 0 Å². The average molecular weight is 252 g/mol.